The molecule has 3 aromatic carbocycles. The van der Waals surface area contributed by atoms with Gasteiger partial charge in [0, 0.05) is 29.8 Å². The van der Waals surface area contributed by atoms with Gasteiger partial charge in [0.15, 0.2) is 0 Å². The van der Waals surface area contributed by atoms with Gasteiger partial charge in [-0.15, -0.1) is 0 Å². The highest BCUT2D eigenvalue weighted by molar-refractivity contribution is 5.95. The Hall–Kier alpha value is -4.19. The number of carbonyl (C=O) groups is 1. The summed E-state index contributed by atoms with van der Waals surface area (Å²) >= 11 is 0. The summed E-state index contributed by atoms with van der Waals surface area (Å²) in [6.45, 7) is 2.50. The van der Waals surface area contributed by atoms with Crippen molar-refractivity contribution in [1.29, 1.82) is 0 Å². The third-order valence-corrected chi connectivity index (χ3v) is 4.90. The minimum Gasteiger partial charge on any atom is -0.497 e. The molecule has 0 saturated heterocycles. The van der Waals surface area contributed by atoms with E-state index in [1.165, 1.54) is 11.9 Å². The first kappa shape index (κ1) is 21.1. The number of rotatable bonds is 7. The molecule has 6 heteroatoms. The van der Waals surface area contributed by atoms with Gasteiger partial charge >= 0.3 is 0 Å². The van der Waals surface area contributed by atoms with Crippen molar-refractivity contribution in [3.8, 4) is 28.6 Å². The first-order valence-electron chi connectivity index (χ1n) is 10.2. The molecule has 0 bridgehead atoms. The first-order valence-corrected chi connectivity index (χ1v) is 10.2. The predicted molar refractivity (Wildman–Crippen MR) is 123 cm³/mol. The van der Waals surface area contributed by atoms with Gasteiger partial charge in [0.25, 0.3) is 5.91 Å². The second-order valence-electron chi connectivity index (χ2n) is 7.27. The molecule has 0 aliphatic rings. The molecule has 32 heavy (non-hydrogen) atoms. The smallest absolute Gasteiger partial charge is 0.251 e. The van der Waals surface area contributed by atoms with Gasteiger partial charge in [-0.2, -0.15) is 0 Å². The summed E-state index contributed by atoms with van der Waals surface area (Å²) in [6, 6.07) is 24.4. The Labute approximate surface area is 186 Å². The van der Waals surface area contributed by atoms with Crippen LogP contribution in [0, 0.1) is 6.92 Å². The molecule has 0 fully saturated rings. The lowest BCUT2D eigenvalue weighted by atomic mass is 10.1. The normalized spacial score (nSPS) is 10.4. The van der Waals surface area contributed by atoms with Gasteiger partial charge in [-0.3, -0.25) is 4.79 Å². The summed E-state index contributed by atoms with van der Waals surface area (Å²) in [6.07, 6.45) is 1.44. The zero-order valence-corrected chi connectivity index (χ0v) is 17.9. The largest absolute Gasteiger partial charge is 0.497 e. The van der Waals surface area contributed by atoms with Gasteiger partial charge in [0.2, 0.25) is 5.88 Å². The van der Waals surface area contributed by atoms with Crippen LogP contribution >= 0.6 is 0 Å². The van der Waals surface area contributed by atoms with Gasteiger partial charge in [0.05, 0.1) is 12.8 Å². The molecular weight excluding hydrogens is 402 g/mol. The number of aromatic nitrogens is 2. The molecule has 0 atom stereocenters. The lowest BCUT2D eigenvalue weighted by molar-refractivity contribution is 0.0951. The number of nitrogens with zero attached hydrogens (tertiary/aromatic N) is 2. The Balaban J connectivity index is 1.48. The summed E-state index contributed by atoms with van der Waals surface area (Å²) < 4.78 is 11.1. The molecule has 6 nitrogen and oxygen atoms in total. The number of amides is 1. The molecule has 0 radical (unpaired) electrons. The highest BCUT2D eigenvalue weighted by Crippen LogP contribution is 2.26. The van der Waals surface area contributed by atoms with E-state index in [0.717, 1.165) is 11.1 Å². The van der Waals surface area contributed by atoms with E-state index in [-0.39, 0.29) is 5.91 Å². The van der Waals surface area contributed by atoms with Crippen LogP contribution in [-0.4, -0.2) is 23.0 Å². The minimum atomic E-state index is -0.144. The van der Waals surface area contributed by atoms with E-state index < -0.39 is 0 Å². The van der Waals surface area contributed by atoms with Crippen LogP contribution < -0.4 is 14.8 Å². The lowest BCUT2D eigenvalue weighted by Crippen LogP contribution is -2.22. The zero-order valence-electron chi connectivity index (χ0n) is 17.9. The van der Waals surface area contributed by atoms with Crippen LogP contribution in [0.4, 0.5) is 0 Å². The summed E-state index contributed by atoms with van der Waals surface area (Å²) in [5.74, 6) is 1.56. The number of hydrogen-bond donors (Lipinski definition) is 1. The third kappa shape index (κ3) is 5.29. The Morgan fingerprint density at radius 3 is 2.50 bits per heavy atom. The standard InChI is InChI=1S/C26H23N3O3/c1-18-9-11-19(12-10-18)16-27-26(30)21-6-3-5-20(13-21)24-15-25(29-17-28-24)32-23-8-4-7-22(14-23)31-2/h3-15,17H,16H2,1-2H3,(H,27,30). The maximum absolute atomic E-state index is 12.7. The van der Waals surface area contributed by atoms with Gasteiger partial charge in [-0.05, 0) is 36.8 Å². The Bertz CT molecular complexity index is 1220. The van der Waals surface area contributed by atoms with Crippen molar-refractivity contribution in [3.05, 3.63) is 102 Å². The van der Waals surface area contributed by atoms with Crippen molar-refractivity contribution in [2.75, 3.05) is 7.11 Å². The third-order valence-electron chi connectivity index (χ3n) is 4.90. The molecule has 1 N–H and O–H groups in total. The van der Waals surface area contributed by atoms with E-state index in [9.17, 15) is 4.79 Å². The van der Waals surface area contributed by atoms with E-state index >= 15 is 0 Å². The monoisotopic (exact) mass is 425 g/mol. The molecular formula is C26H23N3O3. The molecule has 0 aliphatic carbocycles. The number of carbonyl (C=O) groups excluding carboxylic acids is 1. The molecule has 0 aliphatic heterocycles. The van der Waals surface area contributed by atoms with Crippen molar-refractivity contribution in [2.24, 2.45) is 0 Å². The molecule has 1 amide bonds. The van der Waals surface area contributed by atoms with Gasteiger partial charge < -0.3 is 14.8 Å². The molecule has 1 heterocycles. The van der Waals surface area contributed by atoms with Crippen molar-refractivity contribution in [3.63, 3.8) is 0 Å². The van der Waals surface area contributed by atoms with E-state index in [2.05, 4.69) is 15.3 Å². The molecule has 4 aromatic rings. The SMILES string of the molecule is COc1cccc(Oc2cc(-c3cccc(C(=O)NCc4ccc(C)cc4)c3)ncn2)c1. The van der Waals surface area contributed by atoms with Crippen LogP contribution in [0.25, 0.3) is 11.3 Å². The minimum absolute atomic E-state index is 0.144. The fraction of sp³-hybridized carbons (Fsp3) is 0.115. The van der Waals surface area contributed by atoms with E-state index in [1.807, 2.05) is 67.6 Å². The van der Waals surface area contributed by atoms with Crippen LogP contribution in [0.15, 0.2) is 85.2 Å². The zero-order chi connectivity index (χ0) is 22.3. The number of hydrogen-bond acceptors (Lipinski definition) is 5. The maximum Gasteiger partial charge on any atom is 0.251 e. The first-order chi connectivity index (χ1) is 15.6. The molecule has 0 saturated carbocycles. The average Bonchev–Trinajstić information content (AvgIpc) is 2.84. The van der Waals surface area contributed by atoms with Crippen LogP contribution in [0.1, 0.15) is 21.5 Å². The number of aryl methyl sites for hydroxylation is 1. The van der Waals surface area contributed by atoms with Crippen molar-refractivity contribution in [2.45, 2.75) is 13.5 Å². The quantitative estimate of drug-likeness (QED) is 0.441. The van der Waals surface area contributed by atoms with Crippen LogP contribution in [0.5, 0.6) is 17.4 Å². The predicted octanol–water partition coefficient (Wildman–Crippen LogP) is 5.18. The van der Waals surface area contributed by atoms with Crippen molar-refractivity contribution >= 4 is 5.91 Å². The Morgan fingerprint density at radius 1 is 0.906 bits per heavy atom. The number of methoxy groups -OCH3 is 1. The van der Waals surface area contributed by atoms with E-state index in [1.54, 1.807) is 25.3 Å². The van der Waals surface area contributed by atoms with Crippen molar-refractivity contribution in [1.82, 2.24) is 15.3 Å². The molecule has 0 spiro atoms. The van der Waals surface area contributed by atoms with Crippen LogP contribution in [0.3, 0.4) is 0 Å². The fourth-order valence-electron chi connectivity index (χ4n) is 3.15. The summed E-state index contributed by atoms with van der Waals surface area (Å²) in [5.41, 5.74) is 4.25. The van der Waals surface area contributed by atoms with Crippen LogP contribution in [0.2, 0.25) is 0 Å². The van der Waals surface area contributed by atoms with E-state index in [4.69, 9.17) is 9.47 Å². The number of nitrogens with one attached hydrogen (secondary N) is 1. The Morgan fingerprint density at radius 2 is 1.69 bits per heavy atom. The van der Waals surface area contributed by atoms with Gasteiger partial charge in [0.1, 0.15) is 17.8 Å². The molecule has 160 valence electrons. The van der Waals surface area contributed by atoms with Gasteiger partial charge in [-0.25, -0.2) is 9.97 Å². The average molecular weight is 425 g/mol. The molecule has 0 unspecified atom stereocenters. The maximum atomic E-state index is 12.7. The Kier molecular flexibility index (Phi) is 6.41. The van der Waals surface area contributed by atoms with Gasteiger partial charge in [-0.1, -0.05) is 48.0 Å². The van der Waals surface area contributed by atoms with Crippen molar-refractivity contribution < 1.29 is 14.3 Å². The summed E-state index contributed by atoms with van der Waals surface area (Å²) in [5, 5.41) is 2.96. The summed E-state index contributed by atoms with van der Waals surface area (Å²) in [4.78, 5) is 21.2. The van der Waals surface area contributed by atoms with E-state index in [0.29, 0.717) is 35.2 Å². The lowest BCUT2D eigenvalue weighted by Gasteiger charge is -2.09. The number of benzene rings is 3. The van der Waals surface area contributed by atoms with Crippen LogP contribution in [-0.2, 0) is 6.54 Å². The molecule has 4 rings (SSSR count). The molecule has 1 aromatic heterocycles. The summed E-state index contributed by atoms with van der Waals surface area (Å²) in [7, 11) is 1.60. The second kappa shape index (κ2) is 9.75. The second-order valence-corrected chi connectivity index (χ2v) is 7.27. The fourth-order valence-corrected chi connectivity index (χ4v) is 3.15. The number of ether oxygens (including phenoxy) is 2. The highest BCUT2D eigenvalue weighted by Gasteiger charge is 2.10. The topological polar surface area (TPSA) is 73.3 Å². The highest BCUT2D eigenvalue weighted by atomic mass is 16.5.